The van der Waals surface area contributed by atoms with Gasteiger partial charge in [0, 0.05) is 19.2 Å². The van der Waals surface area contributed by atoms with Crippen molar-refractivity contribution in [1.82, 2.24) is 9.62 Å². The molecular formula is C11H14N2O6S. The first-order chi connectivity index (χ1) is 9.25. The summed E-state index contributed by atoms with van der Waals surface area (Å²) in [7, 11) is -3.97. The molecule has 2 rings (SSSR count). The highest BCUT2D eigenvalue weighted by molar-refractivity contribution is 7.89. The summed E-state index contributed by atoms with van der Waals surface area (Å²) in [5, 5.41) is 11.4. The molecule has 1 aromatic rings. The second kappa shape index (κ2) is 4.91. The minimum atomic E-state index is -3.97. The predicted molar refractivity (Wildman–Crippen MR) is 66.8 cm³/mol. The maximum Gasteiger partial charge on any atom is 0.371 e. The Bertz CT molecular complexity index is 662. The standard InChI is InChI=1S/C11H14N2O6S/c1-6-10(14)12-3-4-13(6)20(17,18)9-5-8(11(15)16)19-7(9)2/h5-6H,3-4H2,1-2H3,(H,12,14)(H,15,16). The molecule has 0 aromatic carbocycles. The van der Waals surface area contributed by atoms with Crippen molar-refractivity contribution in [3.8, 4) is 0 Å². The number of carbonyl (C=O) groups is 2. The lowest BCUT2D eigenvalue weighted by Gasteiger charge is -2.31. The average molecular weight is 302 g/mol. The summed E-state index contributed by atoms with van der Waals surface area (Å²) < 4.78 is 30.9. The molecule has 0 spiro atoms. The number of nitrogens with zero attached hydrogens (tertiary/aromatic N) is 1. The molecule has 1 saturated heterocycles. The molecule has 0 aliphatic carbocycles. The van der Waals surface area contributed by atoms with Crippen LogP contribution in [0.25, 0.3) is 0 Å². The van der Waals surface area contributed by atoms with E-state index in [4.69, 9.17) is 9.52 Å². The first-order valence-electron chi connectivity index (χ1n) is 5.88. The number of sulfonamides is 1. The topological polar surface area (TPSA) is 117 Å². The maximum atomic E-state index is 12.5. The lowest BCUT2D eigenvalue weighted by Crippen LogP contribution is -2.55. The summed E-state index contributed by atoms with van der Waals surface area (Å²) in [5.41, 5.74) is 0. The van der Waals surface area contributed by atoms with E-state index in [2.05, 4.69) is 5.32 Å². The number of carbonyl (C=O) groups excluding carboxylic acids is 1. The van der Waals surface area contributed by atoms with Gasteiger partial charge in [0.2, 0.25) is 21.7 Å². The molecule has 8 nitrogen and oxygen atoms in total. The highest BCUT2D eigenvalue weighted by Gasteiger charge is 2.37. The minimum absolute atomic E-state index is 0.0134. The number of carboxylic acid groups (broad SMARTS) is 1. The van der Waals surface area contributed by atoms with Gasteiger partial charge in [0.15, 0.2) is 0 Å². The van der Waals surface area contributed by atoms with Crippen molar-refractivity contribution in [2.45, 2.75) is 24.8 Å². The Morgan fingerprint density at radius 3 is 2.75 bits per heavy atom. The van der Waals surface area contributed by atoms with E-state index in [0.717, 1.165) is 10.4 Å². The van der Waals surface area contributed by atoms with Crippen LogP contribution in [-0.4, -0.2) is 48.8 Å². The molecule has 1 aliphatic heterocycles. The Morgan fingerprint density at radius 2 is 2.20 bits per heavy atom. The fraction of sp³-hybridized carbons (Fsp3) is 0.455. The molecule has 1 fully saturated rings. The molecule has 1 atom stereocenters. The van der Waals surface area contributed by atoms with Crippen molar-refractivity contribution in [3.63, 3.8) is 0 Å². The summed E-state index contributed by atoms with van der Waals surface area (Å²) >= 11 is 0. The molecule has 1 aromatic heterocycles. The Morgan fingerprint density at radius 1 is 1.55 bits per heavy atom. The highest BCUT2D eigenvalue weighted by atomic mass is 32.2. The second-order valence-corrected chi connectivity index (χ2v) is 6.28. The van der Waals surface area contributed by atoms with Crippen LogP contribution in [0.4, 0.5) is 0 Å². The van der Waals surface area contributed by atoms with Crippen LogP contribution in [-0.2, 0) is 14.8 Å². The molecule has 1 amide bonds. The minimum Gasteiger partial charge on any atom is -0.475 e. The third kappa shape index (κ3) is 2.29. The number of rotatable bonds is 3. The molecule has 20 heavy (non-hydrogen) atoms. The fourth-order valence-electron chi connectivity index (χ4n) is 2.04. The van der Waals surface area contributed by atoms with Gasteiger partial charge in [-0.25, -0.2) is 13.2 Å². The summed E-state index contributed by atoms with van der Waals surface area (Å²) in [6.45, 7) is 3.18. The van der Waals surface area contributed by atoms with Gasteiger partial charge in [-0.05, 0) is 13.8 Å². The molecular weight excluding hydrogens is 288 g/mol. The van der Waals surface area contributed by atoms with Gasteiger partial charge >= 0.3 is 5.97 Å². The Labute approximate surface area is 115 Å². The SMILES string of the molecule is Cc1oc(C(=O)O)cc1S(=O)(=O)N1CCNC(=O)C1C. The van der Waals surface area contributed by atoms with Gasteiger partial charge in [-0.3, -0.25) is 4.79 Å². The van der Waals surface area contributed by atoms with Gasteiger partial charge in [0.1, 0.15) is 16.7 Å². The average Bonchev–Trinajstić information content (AvgIpc) is 2.75. The smallest absolute Gasteiger partial charge is 0.371 e. The number of hydrogen-bond donors (Lipinski definition) is 2. The van der Waals surface area contributed by atoms with Crippen LogP contribution in [0, 0.1) is 6.92 Å². The van der Waals surface area contributed by atoms with Crippen LogP contribution >= 0.6 is 0 Å². The number of amides is 1. The number of aromatic carboxylic acids is 1. The third-order valence-electron chi connectivity index (χ3n) is 3.11. The van der Waals surface area contributed by atoms with Gasteiger partial charge in [0.05, 0.1) is 0 Å². The molecule has 0 saturated carbocycles. The molecule has 0 bridgehead atoms. The zero-order chi connectivity index (χ0) is 15.1. The summed E-state index contributed by atoms with van der Waals surface area (Å²) in [4.78, 5) is 22.1. The quantitative estimate of drug-likeness (QED) is 0.798. The number of aryl methyl sites for hydroxylation is 1. The van der Waals surface area contributed by atoms with E-state index in [-0.39, 0.29) is 29.7 Å². The Balaban J connectivity index is 2.44. The number of hydrogen-bond acceptors (Lipinski definition) is 5. The summed E-state index contributed by atoms with van der Waals surface area (Å²) in [5.74, 6) is -2.20. The van der Waals surface area contributed by atoms with Crippen LogP contribution in [0.1, 0.15) is 23.2 Å². The number of piperazine rings is 1. The van der Waals surface area contributed by atoms with Gasteiger partial charge in [0.25, 0.3) is 0 Å². The second-order valence-electron chi connectivity index (χ2n) is 4.42. The van der Waals surface area contributed by atoms with Crippen molar-refractivity contribution >= 4 is 21.9 Å². The van der Waals surface area contributed by atoms with Gasteiger partial charge in [-0.2, -0.15) is 4.31 Å². The fourth-order valence-corrected chi connectivity index (χ4v) is 3.80. The molecule has 0 radical (unpaired) electrons. The van der Waals surface area contributed by atoms with Gasteiger partial charge in [-0.15, -0.1) is 0 Å². The summed E-state index contributed by atoms with van der Waals surface area (Å²) in [6.07, 6.45) is 0. The van der Waals surface area contributed by atoms with E-state index < -0.39 is 27.8 Å². The Hall–Kier alpha value is -1.87. The monoisotopic (exact) mass is 302 g/mol. The first kappa shape index (κ1) is 14.5. The van der Waals surface area contributed by atoms with Crippen molar-refractivity contribution in [2.75, 3.05) is 13.1 Å². The van der Waals surface area contributed by atoms with Gasteiger partial charge in [-0.1, -0.05) is 0 Å². The summed E-state index contributed by atoms with van der Waals surface area (Å²) in [6, 6.07) is 0.114. The molecule has 110 valence electrons. The van der Waals surface area contributed by atoms with E-state index in [1.807, 2.05) is 0 Å². The number of furan rings is 1. The molecule has 2 heterocycles. The predicted octanol–water partition coefficient (Wildman–Crippen LogP) is -0.205. The van der Waals surface area contributed by atoms with E-state index in [9.17, 15) is 18.0 Å². The van der Waals surface area contributed by atoms with Crippen LogP contribution in [0.2, 0.25) is 0 Å². The first-order valence-corrected chi connectivity index (χ1v) is 7.32. The van der Waals surface area contributed by atoms with Crippen LogP contribution < -0.4 is 5.32 Å². The lowest BCUT2D eigenvalue weighted by molar-refractivity contribution is -0.126. The van der Waals surface area contributed by atoms with E-state index in [1.165, 1.54) is 13.8 Å². The largest absolute Gasteiger partial charge is 0.475 e. The normalized spacial score (nSPS) is 20.7. The molecule has 2 N–H and O–H groups in total. The van der Waals surface area contributed by atoms with E-state index in [0.29, 0.717) is 0 Å². The van der Waals surface area contributed by atoms with E-state index >= 15 is 0 Å². The van der Waals surface area contributed by atoms with E-state index in [1.54, 1.807) is 0 Å². The van der Waals surface area contributed by atoms with Crippen LogP contribution in [0.5, 0.6) is 0 Å². The van der Waals surface area contributed by atoms with Crippen molar-refractivity contribution in [2.24, 2.45) is 0 Å². The number of nitrogens with one attached hydrogen (secondary N) is 1. The Kier molecular flexibility index (Phi) is 3.57. The zero-order valence-electron chi connectivity index (χ0n) is 10.9. The molecule has 1 unspecified atom stereocenters. The van der Waals surface area contributed by atoms with Crippen molar-refractivity contribution in [3.05, 3.63) is 17.6 Å². The highest BCUT2D eigenvalue weighted by Crippen LogP contribution is 2.25. The lowest BCUT2D eigenvalue weighted by atomic mass is 10.2. The van der Waals surface area contributed by atoms with Gasteiger partial charge < -0.3 is 14.8 Å². The van der Waals surface area contributed by atoms with Crippen molar-refractivity contribution < 1.29 is 27.5 Å². The third-order valence-corrected chi connectivity index (χ3v) is 5.19. The maximum absolute atomic E-state index is 12.5. The zero-order valence-corrected chi connectivity index (χ0v) is 11.7. The van der Waals surface area contributed by atoms with Crippen LogP contribution in [0.3, 0.4) is 0 Å². The molecule has 9 heteroatoms. The van der Waals surface area contributed by atoms with Crippen LogP contribution in [0.15, 0.2) is 15.4 Å². The van der Waals surface area contributed by atoms with Crippen molar-refractivity contribution in [1.29, 1.82) is 0 Å². The number of carboxylic acids is 1. The molecule has 1 aliphatic rings.